The van der Waals surface area contributed by atoms with Crippen molar-refractivity contribution in [1.29, 1.82) is 0 Å². The Kier molecular flexibility index (Phi) is 3.92. The van der Waals surface area contributed by atoms with Gasteiger partial charge in [-0.1, -0.05) is 19.3 Å². The fraction of sp³-hybridized carbons (Fsp3) is 1.00. The molecule has 104 valence electrons. The topological polar surface area (TPSA) is 35.5 Å². The molecule has 0 aromatic heterocycles. The molecule has 2 saturated heterocycles. The average molecular weight is 252 g/mol. The van der Waals surface area contributed by atoms with E-state index in [1.165, 1.54) is 64.5 Å². The van der Waals surface area contributed by atoms with Crippen molar-refractivity contribution >= 4 is 0 Å². The maximum atomic E-state index is 9.67. The summed E-state index contributed by atoms with van der Waals surface area (Å²) in [6.45, 7) is 4.02. The van der Waals surface area contributed by atoms with Crippen LogP contribution in [0.2, 0.25) is 0 Å². The van der Waals surface area contributed by atoms with E-state index >= 15 is 0 Å². The summed E-state index contributed by atoms with van der Waals surface area (Å²) in [6, 6.07) is 1.48. The predicted octanol–water partition coefficient (Wildman–Crippen LogP) is 1.76. The molecule has 0 radical (unpaired) electrons. The van der Waals surface area contributed by atoms with Crippen molar-refractivity contribution in [3.8, 4) is 0 Å². The Morgan fingerprint density at radius 1 is 1.06 bits per heavy atom. The minimum absolute atomic E-state index is 0.210. The zero-order valence-corrected chi connectivity index (χ0v) is 11.5. The van der Waals surface area contributed by atoms with Crippen LogP contribution >= 0.6 is 0 Å². The lowest BCUT2D eigenvalue weighted by molar-refractivity contribution is 0.117. The average Bonchev–Trinajstić information content (AvgIpc) is 3.04. The van der Waals surface area contributed by atoms with Crippen LogP contribution in [0.15, 0.2) is 0 Å². The van der Waals surface area contributed by atoms with E-state index in [-0.39, 0.29) is 5.41 Å². The minimum Gasteiger partial charge on any atom is -0.396 e. The molecule has 3 fully saturated rings. The molecule has 2 atom stereocenters. The number of fused-ring (bicyclic) bond motifs is 1. The lowest BCUT2D eigenvalue weighted by atomic mass is 9.86. The summed E-state index contributed by atoms with van der Waals surface area (Å²) >= 11 is 0. The molecule has 3 nitrogen and oxygen atoms in total. The number of aliphatic hydroxyl groups is 1. The van der Waals surface area contributed by atoms with E-state index in [0.29, 0.717) is 12.6 Å². The highest BCUT2D eigenvalue weighted by atomic mass is 16.3. The van der Waals surface area contributed by atoms with E-state index in [9.17, 15) is 5.11 Å². The van der Waals surface area contributed by atoms with Crippen LogP contribution in [0.5, 0.6) is 0 Å². The summed E-state index contributed by atoms with van der Waals surface area (Å²) < 4.78 is 0. The fourth-order valence-electron chi connectivity index (χ4n) is 4.35. The zero-order valence-electron chi connectivity index (χ0n) is 11.5. The zero-order chi connectivity index (χ0) is 12.4. The summed E-state index contributed by atoms with van der Waals surface area (Å²) in [5.41, 5.74) is 0.210. The van der Waals surface area contributed by atoms with Crippen LogP contribution in [0.25, 0.3) is 0 Å². The van der Waals surface area contributed by atoms with E-state index in [0.717, 1.165) is 12.6 Å². The maximum absolute atomic E-state index is 9.67. The second-order valence-electron chi connectivity index (χ2n) is 6.74. The van der Waals surface area contributed by atoms with Crippen molar-refractivity contribution in [2.45, 2.75) is 63.5 Å². The molecule has 0 bridgehead atoms. The van der Waals surface area contributed by atoms with Crippen LogP contribution in [0.1, 0.15) is 51.4 Å². The third kappa shape index (κ3) is 2.45. The molecule has 0 amide bonds. The molecule has 3 rings (SSSR count). The van der Waals surface area contributed by atoms with E-state index in [2.05, 4.69) is 10.2 Å². The molecule has 2 N–H and O–H groups in total. The van der Waals surface area contributed by atoms with Crippen molar-refractivity contribution in [2.24, 2.45) is 5.41 Å². The summed E-state index contributed by atoms with van der Waals surface area (Å²) in [6.07, 6.45) is 10.5. The first-order valence-corrected chi connectivity index (χ1v) is 7.91. The van der Waals surface area contributed by atoms with Crippen LogP contribution in [0, 0.1) is 5.41 Å². The molecule has 1 saturated carbocycles. The Hall–Kier alpha value is -0.120. The molecule has 0 spiro atoms. The first-order chi connectivity index (χ1) is 8.83. The van der Waals surface area contributed by atoms with Gasteiger partial charge in [0.2, 0.25) is 0 Å². The first-order valence-electron chi connectivity index (χ1n) is 7.91. The highest BCUT2D eigenvalue weighted by Gasteiger charge is 2.38. The van der Waals surface area contributed by atoms with Gasteiger partial charge in [-0.15, -0.1) is 0 Å². The van der Waals surface area contributed by atoms with Crippen molar-refractivity contribution < 1.29 is 5.11 Å². The van der Waals surface area contributed by atoms with Crippen molar-refractivity contribution in [2.75, 3.05) is 26.2 Å². The van der Waals surface area contributed by atoms with Gasteiger partial charge in [-0.05, 0) is 38.6 Å². The summed E-state index contributed by atoms with van der Waals surface area (Å²) in [4.78, 5) is 2.68. The van der Waals surface area contributed by atoms with E-state index < -0.39 is 0 Å². The quantitative estimate of drug-likeness (QED) is 0.800. The molecule has 0 aromatic rings. The molecule has 0 aromatic carbocycles. The van der Waals surface area contributed by atoms with Crippen molar-refractivity contribution in [3.63, 3.8) is 0 Å². The van der Waals surface area contributed by atoms with Gasteiger partial charge in [0.1, 0.15) is 0 Å². The van der Waals surface area contributed by atoms with Gasteiger partial charge in [-0.3, -0.25) is 4.90 Å². The first kappa shape index (κ1) is 12.9. The lowest BCUT2D eigenvalue weighted by Crippen LogP contribution is -2.48. The molecule has 18 heavy (non-hydrogen) atoms. The number of aliphatic hydroxyl groups excluding tert-OH is 1. The second kappa shape index (κ2) is 5.48. The predicted molar refractivity (Wildman–Crippen MR) is 73.6 cm³/mol. The number of rotatable bonds is 4. The number of piperidine rings is 1. The summed E-state index contributed by atoms with van der Waals surface area (Å²) in [5.74, 6) is 0. The molecular weight excluding hydrogens is 224 g/mol. The van der Waals surface area contributed by atoms with Gasteiger partial charge >= 0.3 is 0 Å². The van der Waals surface area contributed by atoms with Gasteiger partial charge in [0.25, 0.3) is 0 Å². The monoisotopic (exact) mass is 252 g/mol. The van der Waals surface area contributed by atoms with Crippen LogP contribution in [-0.4, -0.2) is 48.3 Å². The molecule has 2 unspecified atom stereocenters. The van der Waals surface area contributed by atoms with Crippen LogP contribution in [0.4, 0.5) is 0 Å². The highest BCUT2D eigenvalue weighted by molar-refractivity contribution is 4.96. The smallest absolute Gasteiger partial charge is 0.0499 e. The Morgan fingerprint density at radius 3 is 2.67 bits per heavy atom. The van der Waals surface area contributed by atoms with Gasteiger partial charge in [0.05, 0.1) is 0 Å². The second-order valence-corrected chi connectivity index (χ2v) is 6.74. The number of nitrogens with one attached hydrogen (secondary N) is 1. The number of hydrogen-bond acceptors (Lipinski definition) is 3. The molecule has 2 aliphatic heterocycles. The highest BCUT2D eigenvalue weighted by Crippen LogP contribution is 2.37. The molecule has 2 heterocycles. The van der Waals surface area contributed by atoms with Gasteiger partial charge in [-0.2, -0.15) is 0 Å². The Bertz CT molecular complexity index is 276. The van der Waals surface area contributed by atoms with Gasteiger partial charge < -0.3 is 10.4 Å². The maximum Gasteiger partial charge on any atom is 0.0499 e. The normalized spacial score (nSPS) is 35.8. The van der Waals surface area contributed by atoms with Crippen LogP contribution in [-0.2, 0) is 0 Å². The summed E-state index contributed by atoms with van der Waals surface area (Å²) in [7, 11) is 0. The van der Waals surface area contributed by atoms with Crippen LogP contribution in [0.3, 0.4) is 0 Å². The molecular formula is C15H28N2O. The largest absolute Gasteiger partial charge is 0.396 e. The molecule has 3 heteroatoms. The van der Waals surface area contributed by atoms with Crippen molar-refractivity contribution in [1.82, 2.24) is 10.2 Å². The third-order valence-electron chi connectivity index (χ3n) is 5.59. The number of nitrogens with zero attached hydrogens (tertiary/aromatic N) is 1. The Labute approximate surface area is 111 Å². The Morgan fingerprint density at radius 2 is 1.89 bits per heavy atom. The standard InChI is InChI=1S/C15H28N2O/c18-12-15(7-2-3-8-15)11-16-13-6-10-17-9-4-1-5-14(13)17/h13-14,16,18H,1-12H2. The fourth-order valence-corrected chi connectivity index (χ4v) is 4.35. The van der Waals surface area contributed by atoms with Gasteiger partial charge in [0, 0.05) is 37.2 Å². The lowest BCUT2D eigenvalue weighted by Gasteiger charge is -2.35. The van der Waals surface area contributed by atoms with E-state index in [1.807, 2.05) is 0 Å². The molecule has 3 aliphatic rings. The molecule has 1 aliphatic carbocycles. The van der Waals surface area contributed by atoms with Crippen LogP contribution < -0.4 is 5.32 Å². The van der Waals surface area contributed by atoms with E-state index in [4.69, 9.17) is 0 Å². The summed E-state index contributed by atoms with van der Waals surface area (Å²) in [5, 5.41) is 13.5. The van der Waals surface area contributed by atoms with Gasteiger partial charge in [0.15, 0.2) is 0 Å². The van der Waals surface area contributed by atoms with Crippen molar-refractivity contribution in [3.05, 3.63) is 0 Å². The minimum atomic E-state index is 0.210. The van der Waals surface area contributed by atoms with E-state index in [1.54, 1.807) is 0 Å². The Balaban J connectivity index is 1.53. The number of hydrogen-bond donors (Lipinski definition) is 2. The SMILES string of the molecule is OCC1(CNC2CCN3CCCCC23)CCCC1. The van der Waals surface area contributed by atoms with Gasteiger partial charge in [-0.25, -0.2) is 0 Å². The third-order valence-corrected chi connectivity index (χ3v) is 5.59.